The second kappa shape index (κ2) is 8.40. The molecule has 0 aliphatic heterocycles. The highest BCUT2D eigenvalue weighted by Crippen LogP contribution is 2.12. The predicted octanol–water partition coefficient (Wildman–Crippen LogP) is 2.23. The first-order valence-electron chi connectivity index (χ1n) is 2.29. The largest absolute Gasteiger partial charge is 0.179 e. The van der Waals surface area contributed by atoms with Crippen LogP contribution in [0.2, 0.25) is 0 Å². The van der Waals surface area contributed by atoms with Gasteiger partial charge in [0.15, 0.2) is 0 Å². The molecule has 0 N–H and O–H groups in total. The number of rotatable bonds is 5. The average molecular weight is 186 g/mol. The highest BCUT2D eigenvalue weighted by molar-refractivity contribution is 8.19. The zero-order chi connectivity index (χ0) is 6.24. The second-order valence-electron chi connectivity index (χ2n) is 1.08. The Kier molecular flexibility index (Phi) is 9.87. The smallest absolute Gasteiger partial charge is 0.0400 e. The maximum Gasteiger partial charge on any atom is 0.0400 e. The van der Waals surface area contributed by atoms with Crippen LogP contribution in [-0.2, 0) is 0 Å². The lowest BCUT2D eigenvalue weighted by Crippen LogP contribution is -1.78. The van der Waals surface area contributed by atoms with Crippen LogP contribution in [0.1, 0.15) is 0 Å². The molecular formula is C4H10S4. The van der Waals surface area contributed by atoms with E-state index in [0.717, 1.165) is 21.7 Å². The molecule has 0 heterocycles. The van der Waals surface area contributed by atoms with E-state index in [1.54, 1.807) is 0 Å². The van der Waals surface area contributed by atoms with Crippen LogP contribution in [0.5, 0.6) is 0 Å². The molecule has 0 aromatic heterocycles. The van der Waals surface area contributed by atoms with Gasteiger partial charge in [-0.1, -0.05) is 0 Å². The van der Waals surface area contributed by atoms with E-state index in [1.807, 2.05) is 23.5 Å². The Morgan fingerprint density at radius 1 is 1.12 bits per heavy atom. The van der Waals surface area contributed by atoms with Gasteiger partial charge in [-0.05, 0) is 5.75 Å². The average Bonchev–Trinajstić information content (AvgIpc) is 1.81. The molecule has 50 valence electrons. The fourth-order valence-corrected chi connectivity index (χ4v) is 2.65. The first-order valence-corrected chi connectivity index (χ1v) is 5.86. The van der Waals surface area contributed by atoms with Gasteiger partial charge in [0.25, 0.3) is 0 Å². The van der Waals surface area contributed by atoms with E-state index >= 15 is 0 Å². The van der Waals surface area contributed by atoms with E-state index < -0.39 is 0 Å². The van der Waals surface area contributed by atoms with Gasteiger partial charge in [-0.15, -0.1) is 11.8 Å². The molecular weight excluding hydrogens is 176 g/mol. The van der Waals surface area contributed by atoms with Crippen LogP contribution < -0.4 is 0 Å². The predicted molar refractivity (Wildman–Crippen MR) is 52.6 cm³/mol. The fourth-order valence-electron chi connectivity index (χ4n) is 0.220. The van der Waals surface area contributed by atoms with E-state index in [9.17, 15) is 0 Å². The third-order valence-corrected chi connectivity index (χ3v) is 3.58. The molecule has 0 saturated carbocycles. The maximum atomic E-state index is 4.07. The minimum Gasteiger partial charge on any atom is -0.179 e. The molecule has 0 unspecified atom stereocenters. The molecule has 0 bridgehead atoms. The molecule has 0 aliphatic carbocycles. The summed E-state index contributed by atoms with van der Waals surface area (Å²) < 4.78 is 0. The number of hydrogen-bond acceptors (Lipinski definition) is 4. The standard InChI is InChI=1S/C4H10S4/c5-1-2-7-4-8-3-6/h5-6H,1-4H2. The van der Waals surface area contributed by atoms with E-state index in [0.29, 0.717) is 0 Å². The van der Waals surface area contributed by atoms with Crippen LogP contribution in [0.4, 0.5) is 0 Å². The molecule has 0 aliphatic rings. The molecule has 4 heteroatoms. The molecule has 0 atom stereocenters. The minimum atomic E-state index is 0.930. The molecule has 0 nitrogen and oxygen atoms in total. The number of hydrogen-bond donors (Lipinski definition) is 2. The Morgan fingerprint density at radius 3 is 2.38 bits per heavy atom. The van der Waals surface area contributed by atoms with Crippen molar-refractivity contribution in [3.8, 4) is 0 Å². The lowest BCUT2D eigenvalue weighted by atomic mass is 11.0. The number of thiol groups is 2. The fraction of sp³-hybridized carbons (Fsp3) is 1.00. The summed E-state index contributed by atoms with van der Waals surface area (Å²) in [6, 6.07) is 0. The zero-order valence-corrected chi connectivity index (χ0v) is 7.96. The topological polar surface area (TPSA) is 0 Å². The quantitative estimate of drug-likeness (QED) is 0.384. The lowest BCUT2D eigenvalue weighted by Gasteiger charge is -1.93. The van der Waals surface area contributed by atoms with Gasteiger partial charge in [0.2, 0.25) is 0 Å². The third-order valence-electron chi connectivity index (χ3n) is 0.494. The summed E-state index contributed by atoms with van der Waals surface area (Å²) in [6.45, 7) is 0. The van der Waals surface area contributed by atoms with E-state index in [1.165, 1.54) is 0 Å². The van der Waals surface area contributed by atoms with Crippen molar-refractivity contribution in [1.29, 1.82) is 0 Å². The van der Waals surface area contributed by atoms with Crippen molar-refractivity contribution in [1.82, 2.24) is 0 Å². The van der Waals surface area contributed by atoms with Crippen molar-refractivity contribution in [3.05, 3.63) is 0 Å². The van der Waals surface area contributed by atoms with E-state index in [-0.39, 0.29) is 0 Å². The molecule has 0 spiro atoms. The Hall–Kier alpha value is 1.40. The van der Waals surface area contributed by atoms with Crippen molar-refractivity contribution in [2.45, 2.75) is 0 Å². The van der Waals surface area contributed by atoms with Gasteiger partial charge in [0.1, 0.15) is 0 Å². The van der Waals surface area contributed by atoms with Crippen molar-refractivity contribution < 1.29 is 0 Å². The van der Waals surface area contributed by atoms with Crippen LogP contribution in [0.15, 0.2) is 0 Å². The normalized spacial score (nSPS) is 9.75. The third kappa shape index (κ3) is 7.40. The van der Waals surface area contributed by atoms with E-state index in [2.05, 4.69) is 25.3 Å². The van der Waals surface area contributed by atoms with Crippen LogP contribution in [-0.4, -0.2) is 21.7 Å². The molecule has 0 rings (SSSR count). The summed E-state index contributed by atoms with van der Waals surface area (Å²) in [5.74, 6) is 2.14. The molecule has 0 aromatic carbocycles. The Labute approximate surface area is 70.4 Å². The molecule has 0 radical (unpaired) electrons. The van der Waals surface area contributed by atoms with Crippen LogP contribution >= 0.6 is 48.8 Å². The first kappa shape index (κ1) is 9.40. The molecule has 0 fully saturated rings. The summed E-state index contributed by atoms with van der Waals surface area (Å²) >= 11 is 11.9. The lowest BCUT2D eigenvalue weighted by molar-refractivity contribution is 1.57. The molecule has 8 heavy (non-hydrogen) atoms. The van der Waals surface area contributed by atoms with Gasteiger partial charge < -0.3 is 0 Å². The van der Waals surface area contributed by atoms with Crippen molar-refractivity contribution in [2.75, 3.05) is 21.7 Å². The van der Waals surface area contributed by atoms with Crippen LogP contribution in [0.3, 0.4) is 0 Å². The summed E-state index contributed by atoms with van der Waals surface area (Å²) in [5, 5.41) is 2.09. The van der Waals surface area contributed by atoms with Gasteiger partial charge >= 0.3 is 0 Å². The summed E-state index contributed by atoms with van der Waals surface area (Å²) in [7, 11) is 0. The van der Waals surface area contributed by atoms with Gasteiger partial charge in [0.05, 0.1) is 0 Å². The van der Waals surface area contributed by atoms with Crippen molar-refractivity contribution in [2.24, 2.45) is 0 Å². The van der Waals surface area contributed by atoms with Crippen molar-refractivity contribution >= 4 is 48.8 Å². The van der Waals surface area contributed by atoms with Gasteiger partial charge in [-0.3, -0.25) is 0 Å². The highest BCUT2D eigenvalue weighted by atomic mass is 32.2. The Balaban J connectivity index is 2.53. The van der Waals surface area contributed by atoms with Gasteiger partial charge in [-0.2, -0.15) is 37.0 Å². The van der Waals surface area contributed by atoms with Crippen molar-refractivity contribution in [3.63, 3.8) is 0 Å². The second-order valence-corrected chi connectivity index (χ2v) is 4.73. The first-order chi connectivity index (χ1) is 3.91. The Morgan fingerprint density at radius 2 is 1.88 bits per heavy atom. The zero-order valence-electron chi connectivity index (χ0n) is 4.54. The van der Waals surface area contributed by atoms with Crippen LogP contribution in [0.25, 0.3) is 0 Å². The molecule has 0 amide bonds. The van der Waals surface area contributed by atoms with E-state index in [4.69, 9.17) is 0 Å². The highest BCUT2D eigenvalue weighted by Gasteiger charge is 1.83. The minimum absolute atomic E-state index is 0.930. The van der Waals surface area contributed by atoms with Crippen LogP contribution in [0, 0.1) is 0 Å². The summed E-state index contributed by atoms with van der Waals surface area (Å²) in [6.07, 6.45) is 0. The summed E-state index contributed by atoms with van der Waals surface area (Å²) in [5.41, 5.74) is 0. The van der Waals surface area contributed by atoms with Gasteiger partial charge in [0, 0.05) is 15.9 Å². The SMILES string of the molecule is SCCSCSCS. The number of thioether (sulfide) groups is 2. The monoisotopic (exact) mass is 186 g/mol. The summed E-state index contributed by atoms with van der Waals surface area (Å²) in [4.78, 5) is 0. The van der Waals surface area contributed by atoms with Gasteiger partial charge in [-0.25, -0.2) is 0 Å². The maximum absolute atomic E-state index is 4.07. The molecule has 0 aromatic rings. The molecule has 0 saturated heterocycles. The Bertz CT molecular complexity index is 33.0.